The molecule has 12 amide bonds. The zero-order chi connectivity index (χ0) is 81.6. The van der Waals surface area contributed by atoms with Gasteiger partial charge in [-0.1, -0.05) is 33.4 Å². The van der Waals surface area contributed by atoms with E-state index in [1.54, 1.807) is 41.5 Å². The number of hydroxylamine groups is 12. The van der Waals surface area contributed by atoms with E-state index in [0.29, 0.717) is 33.4 Å². The number of hydrogen-bond acceptors (Lipinski definition) is 26. The summed E-state index contributed by atoms with van der Waals surface area (Å²) in [6.07, 6.45) is 8.80. The molecule has 2 rings (SSSR count). The monoisotopic (exact) mass is 1640 g/mol. The Kier molecular flexibility index (Phi) is 54.4. The SMILES string of the molecule is CC(=O)NC(CCCN([O-])C(=O)/C=C(\C)CCO)C(=O)OCC/C(C)=C/C(=O)N([O-])CCCC1NC(=O)C(CCCN([O-])C(=O)/C=C(\C)CCO)NC1=O.CC(=O)NC(CCCN([O-])C(=O)/C=C(\C)CCO)C(=O)OCC/C(C)=C/C(=O)N([O-])CCCC1NC(=O)C(CCCN([O-])C(=O)/C=C(\C)CCO)NC1=O.[Fe+3].[Fe+3]. The molecule has 6 unspecified atom stereocenters. The molecule has 0 bridgehead atoms. The van der Waals surface area contributed by atoms with Gasteiger partial charge in [-0.25, -0.2) is 9.59 Å². The number of aliphatic hydroxyl groups is 4. The van der Waals surface area contributed by atoms with Crippen molar-refractivity contribution in [3.05, 3.63) is 101 Å². The topological polar surface area (TPSA) is 568 Å². The zero-order valence-corrected chi connectivity index (χ0v) is 65.5. The van der Waals surface area contributed by atoms with Crippen LogP contribution in [0, 0.1) is 31.2 Å². The first-order valence-corrected chi connectivity index (χ1v) is 35.4. The minimum atomic E-state index is -1.09. The summed E-state index contributed by atoms with van der Waals surface area (Å²) in [6.45, 7) is 9.46. The van der Waals surface area contributed by atoms with Crippen molar-refractivity contribution in [2.45, 2.75) is 207 Å². The first kappa shape index (κ1) is 104. The van der Waals surface area contributed by atoms with Gasteiger partial charge in [0.05, 0.1) is 13.2 Å². The first-order chi connectivity index (χ1) is 51.0. The number of nitrogens with one attached hydrogen (secondary N) is 6. The van der Waals surface area contributed by atoms with Crippen molar-refractivity contribution in [2.75, 3.05) is 78.9 Å². The fraction of sp³-hybridized carbons (Fsp3) is 0.629. The molecule has 2 heterocycles. The number of esters is 2. The number of hydrogen-bond donors (Lipinski definition) is 10. The van der Waals surface area contributed by atoms with E-state index in [1.807, 2.05) is 0 Å². The fourth-order valence-electron chi connectivity index (χ4n) is 10.1. The van der Waals surface area contributed by atoms with Gasteiger partial charge in [-0.15, -0.1) is 0 Å². The van der Waals surface area contributed by atoms with Crippen LogP contribution in [0.15, 0.2) is 69.9 Å². The maximum absolute atomic E-state index is 12.6. The average molecular weight is 1640 g/mol. The minimum Gasteiger partial charge on any atom is -0.756 e. The largest absolute Gasteiger partial charge is 3.00 e. The number of nitrogens with zero attached hydrogens (tertiary/aromatic N) is 6. The van der Waals surface area contributed by atoms with Gasteiger partial charge in [0.2, 0.25) is 70.9 Å². The third-order valence-electron chi connectivity index (χ3n) is 16.2. The quantitative estimate of drug-likeness (QED) is 0.0173. The van der Waals surface area contributed by atoms with Crippen LogP contribution in [0.3, 0.4) is 0 Å². The second-order valence-electron chi connectivity index (χ2n) is 25.9. The van der Waals surface area contributed by atoms with Gasteiger partial charge >= 0.3 is 46.1 Å². The number of amides is 12. The second-order valence-corrected chi connectivity index (χ2v) is 25.9. The molecule has 2 fully saturated rings. The van der Waals surface area contributed by atoms with Crippen molar-refractivity contribution in [2.24, 2.45) is 0 Å². The molecule has 0 aromatic rings. The molecule has 40 heteroatoms. The van der Waals surface area contributed by atoms with Crippen LogP contribution < -0.4 is 31.9 Å². The Morgan fingerprint density at radius 2 is 0.545 bits per heavy atom. The maximum Gasteiger partial charge on any atom is 3.00 e. The Bertz CT molecular complexity index is 3020. The van der Waals surface area contributed by atoms with E-state index in [9.17, 15) is 98.4 Å². The predicted molar refractivity (Wildman–Crippen MR) is 389 cm³/mol. The van der Waals surface area contributed by atoms with Crippen molar-refractivity contribution < 1.29 is 131 Å². The van der Waals surface area contributed by atoms with Crippen LogP contribution >= 0.6 is 0 Å². The van der Waals surface area contributed by atoms with Crippen LogP contribution in [0.2, 0.25) is 0 Å². The van der Waals surface area contributed by atoms with Crippen LogP contribution in [0.25, 0.3) is 0 Å². The molecule has 618 valence electrons. The van der Waals surface area contributed by atoms with Gasteiger partial charge in [0.25, 0.3) is 0 Å². The molecule has 110 heavy (non-hydrogen) atoms. The molecular formula is C70H106Fe2N12O26. The molecule has 2 aliphatic rings. The molecule has 0 aromatic carbocycles. The van der Waals surface area contributed by atoms with Crippen LogP contribution in [-0.2, 0) is 111 Å². The van der Waals surface area contributed by atoms with Crippen LogP contribution in [-0.4, -0.2) is 249 Å². The molecule has 0 saturated carbocycles. The summed E-state index contributed by atoms with van der Waals surface area (Å²) in [5.74, 6) is -9.50. The standard InChI is InChI=1S/2C35H53N6O13.2Fe/c2*1-23(11-17-42)20-30(45)39(51)14-5-8-27-33(48)38-28(34(49)37-27)9-6-15-40(52)32(47)22-25(3)13-19-54-35(50)29(36-26(4)44)10-7-16-41(53)31(46)21-24(2)12-18-43;;/h2*20-22,27-29,42-43H,5-19H2,1-4H3,(H,36,44)(H,37,49)(H,38,48);;/q2*-3;2*+3/b2*23-20+,24-21+,25-22+;;. The van der Waals surface area contributed by atoms with Crippen LogP contribution in [0.1, 0.15) is 171 Å². The second kappa shape index (κ2) is 57.7. The first-order valence-electron chi connectivity index (χ1n) is 35.4. The fourth-order valence-corrected chi connectivity index (χ4v) is 10.1. The summed E-state index contributed by atoms with van der Waals surface area (Å²) < 4.78 is 10.4. The summed E-state index contributed by atoms with van der Waals surface area (Å²) in [4.78, 5) is 171. The van der Waals surface area contributed by atoms with Crippen molar-refractivity contribution in [3.8, 4) is 0 Å². The number of ether oxygens (including phenoxy) is 2. The average Bonchev–Trinajstić information content (AvgIpc) is 0.848. The van der Waals surface area contributed by atoms with Crippen molar-refractivity contribution in [1.82, 2.24) is 62.3 Å². The third-order valence-corrected chi connectivity index (χ3v) is 16.2. The molecule has 2 aliphatic heterocycles. The Hall–Kier alpha value is -8.34. The minimum absolute atomic E-state index is 0. The summed E-state index contributed by atoms with van der Waals surface area (Å²) in [7, 11) is 0. The van der Waals surface area contributed by atoms with Crippen molar-refractivity contribution in [3.63, 3.8) is 0 Å². The van der Waals surface area contributed by atoms with E-state index in [4.69, 9.17) is 29.9 Å². The van der Waals surface area contributed by atoms with Crippen molar-refractivity contribution in [1.29, 1.82) is 0 Å². The van der Waals surface area contributed by atoms with E-state index in [1.165, 1.54) is 13.8 Å². The summed E-state index contributed by atoms with van der Waals surface area (Å²) in [6, 6.07) is -5.88. The molecule has 38 nitrogen and oxygen atoms in total. The molecule has 0 aromatic heterocycles. The molecule has 10 N–H and O–H groups in total. The third kappa shape index (κ3) is 44.5. The van der Waals surface area contributed by atoms with Gasteiger partial charge in [0.15, 0.2) is 0 Å². The van der Waals surface area contributed by atoms with Crippen LogP contribution in [0.5, 0.6) is 0 Å². The Labute approximate surface area is 660 Å². The van der Waals surface area contributed by atoms with Gasteiger partial charge in [-0.2, -0.15) is 0 Å². The van der Waals surface area contributed by atoms with E-state index in [0.717, 1.165) is 36.5 Å². The molecule has 0 aliphatic carbocycles. The molecular weight excluding hydrogens is 1540 g/mol. The van der Waals surface area contributed by atoms with E-state index in [-0.39, 0.29) is 259 Å². The number of aliphatic hydroxyl groups excluding tert-OH is 4. The smallest absolute Gasteiger partial charge is 0.756 e. The van der Waals surface area contributed by atoms with Gasteiger partial charge in [-0.3, -0.25) is 57.5 Å². The number of rotatable bonds is 48. The predicted octanol–water partition coefficient (Wildman–Crippen LogP) is 0.657. The Morgan fingerprint density at radius 1 is 0.355 bits per heavy atom. The molecule has 0 spiro atoms. The van der Waals surface area contributed by atoms with Gasteiger partial charge in [-0.05, 0) is 144 Å². The number of carbonyl (C=O) groups excluding carboxylic acids is 14. The summed E-state index contributed by atoms with van der Waals surface area (Å²) in [5, 5.41) is 125. The van der Waals surface area contributed by atoms with Gasteiger partial charge in [0, 0.05) is 129 Å². The molecule has 2 radical (unpaired) electrons. The molecule has 2 saturated heterocycles. The van der Waals surface area contributed by atoms with E-state index < -0.39 is 119 Å². The van der Waals surface area contributed by atoms with Gasteiger partial charge < -0.3 is 123 Å². The molecule has 6 atom stereocenters. The Morgan fingerprint density at radius 3 is 0.736 bits per heavy atom. The van der Waals surface area contributed by atoms with E-state index in [2.05, 4.69) is 31.9 Å². The summed E-state index contributed by atoms with van der Waals surface area (Å²) in [5.41, 5.74) is 2.99. The Balaban J connectivity index is 0. The van der Waals surface area contributed by atoms with E-state index >= 15 is 0 Å². The van der Waals surface area contributed by atoms with Crippen molar-refractivity contribution >= 4 is 82.8 Å². The van der Waals surface area contributed by atoms with Gasteiger partial charge in [0.1, 0.15) is 36.3 Å². The van der Waals surface area contributed by atoms with Crippen LogP contribution in [0.4, 0.5) is 0 Å². The zero-order valence-electron chi connectivity index (χ0n) is 63.3. The normalized spacial score (nSPS) is 16.6. The number of piperazine rings is 2. The summed E-state index contributed by atoms with van der Waals surface area (Å²) >= 11 is 0. The maximum atomic E-state index is 12.6. The number of carbonyl (C=O) groups is 14.